The van der Waals surface area contributed by atoms with Gasteiger partial charge in [0.15, 0.2) is 0 Å². The number of likely N-dealkylation sites (tertiary alicyclic amines) is 1. The largest absolute Gasteiger partial charge is 0.493 e. The predicted molar refractivity (Wildman–Crippen MR) is 101 cm³/mol. The first-order valence-electron chi connectivity index (χ1n) is 9.85. The standard InChI is InChI=1S/C21H33N2O2/c1-17-8-6-11-23(17)12-7-13-24-21-10-5-4-9-20(21)16-22-14-18(2)25-19(3)15-22/h5,9-10,17-19H,6-8,11-16H2,1-3H3. The van der Waals surface area contributed by atoms with Crippen molar-refractivity contribution in [3.63, 3.8) is 0 Å². The highest BCUT2D eigenvalue weighted by molar-refractivity contribution is 5.32. The highest BCUT2D eigenvalue weighted by Gasteiger charge is 2.23. The van der Waals surface area contributed by atoms with Crippen molar-refractivity contribution in [1.29, 1.82) is 0 Å². The zero-order chi connectivity index (χ0) is 17.6. The SMILES string of the molecule is CC1CN(Cc2c[c]ccc2OCCCN2CCCC2C)CC(C)O1. The quantitative estimate of drug-likeness (QED) is 0.708. The monoisotopic (exact) mass is 345 g/mol. The predicted octanol–water partition coefficient (Wildman–Crippen LogP) is 3.35. The Hall–Kier alpha value is -1.10. The molecule has 2 aliphatic rings. The van der Waals surface area contributed by atoms with Crippen molar-refractivity contribution in [2.24, 2.45) is 0 Å². The fourth-order valence-electron chi connectivity index (χ4n) is 4.14. The van der Waals surface area contributed by atoms with Crippen molar-refractivity contribution in [3.8, 4) is 5.75 Å². The average Bonchev–Trinajstić information content (AvgIpc) is 2.97. The summed E-state index contributed by atoms with van der Waals surface area (Å²) in [6, 6.07) is 10.0. The molecule has 0 aliphatic carbocycles. The van der Waals surface area contributed by atoms with Crippen molar-refractivity contribution >= 4 is 0 Å². The van der Waals surface area contributed by atoms with Crippen LogP contribution in [0.4, 0.5) is 0 Å². The van der Waals surface area contributed by atoms with E-state index in [1.54, 1.807) is 0 Å². The number of ether oxygens (including phenoxy) is 2. The Balaban J connectivity index is 1.48. The molecule has 0 aromatic heterocycles. The van der Waals surface area contributed by atoms with E-state index < -0.39 is 0 Å². The molecule has 4 heteroatoms. The second-order valence-electron chi connectivity index (χ2n) is 7.71. The van der Waals surface area contributed by atoms with Gasteiger partial charge in [-0.25, -0.2) is 0 Å². The molecule has 0 N–H and O–H groups in total. The van der Waals surface area contributed by atoms with Crippen LogP contribution in [0.25, 0.3) is 0 Å². The number of nitrogens with zero attached hydrogens (tertiary/aromatic N) is 2. The van der Waals surface area contributed by atoms with Crippen LogP contribution in [0.5, 0.6) is 5.75 Å². The Kier molecular flexibility index (Phi) is 6.74. The van der Waals surface area contributed by atoms with Crippen LogP contribution < -0.4 is 4.74 Å². The van der Waals surface area contributed by atoms with Crippen molar-refractivity contribution in [2.45, 2.75) is 64.8 Å². The summed E-state index contributed by atoms with van der Waals surface area (Å²) in [5.74, 6) is 1.01. The van der Waals surface area contributed by atoms with Gasteiger partial charge in [0.05, 0.1) is 18.8 Å². The lowest BCUT2D eigenvalue weighted by molar-refractivity contribution is -0.0706. The van der Waals surface area contributed by atoms with Crippen LogP contribution in [-0.4, -0.2) is 60.8 Å². The summed E-state index contributed by atoms with van der Waals surface area (Å²) in [6.07, 6.45) is 4.37. The van der Waals surface area contributed by atoms with Crippen molar-refractivity contribution in [1.82, 2.24) is 9.80 Å². The van der Waals surface area contributed by atoms with Crippen LogP contribution in [-0.2, 0) is 11.3 Å². The van der Waals surface area contributed by atoms with Gasteiger partial charge in [-0.1, -0.05) is 6.07 Å². The maximum atomic E-state index is 6.12. The summed E-state index contributed by atoms with van der Waals surface area (Å²) in [5, 5.41) is 0. The molecule has 2 aliphatic heterocycles. The van der Waals surface area contributed by atoms with Gasteiger partial charge in [-0.05, 0) is 64.8 Å². The van der Waals surface area contributed by atoms with E-state index in [0.717, 1.165) is 51.0 Å². The summed E-state index contributed by atoms with van der Waals surface area (Å²) >= 11 is 0. The Morgan fingerprint density at radius 3 is 2.76 bits per heavy atom. The second-order valence-corrected chi connectivity index (χ2v) is 7.71. The van der Waals surface area contributed by atoms with E-state index in [1.165, 1.54) is 24.9 Å². The van der Waals surface area contributed by atoms with Crippen molar-refractivity contribution in [2.75, 3.05) is 32.8 Å². The molecule has 0 bridgehead atoms. The Labute approximate surface area is 153 Å². The van der Waals surface area contributed by atoms with Gasteiger partial charge in [0.25, 0.3) is 0 Å². The van der Waals surface area contributed by atoms with E-state index in [0.29, 0.717) is 12.2 Å². The number of morpholine rings is 1. The van der Waals surface area contributed by atoms with Crippen molar-refractivity contribution in [3.05, 3.63) is 29.8 Å². The van der Waals surface area contributed by atoms with Crippen LogP contribution in [0.15, 0.2) is 18.2 Å². The molecule has 0 spiro atoms. The molecule has 2 heterocycles. The highest BCUT2D eigenvalue weighted by atomic mass is 16.5. The summed E-state index contributed by atoms with van der Waals surface area (Å²) < 4.78 is 12.0. The van der Waals surface area contributed by atoms with Crippen LogP contribution in [0.2, 0.25) is 0 Å². The molecule has 3 rings (SSSR count). The molecule has 1 aromatic carbocycles. The summed E-state index contributed by atoms with van der Waals surface area (Å²) in [5.41, 5.74) is 1.23. The molecule has 3 unspecified atom stereocenters. The maximum absolute atomic E-state index is 6.12. The zero-order valence-electron chi connectivity index (χ0n) is 16.0. The minimum absolute atomic E-state index is 0.295. The van der Waals surface area contributed by atoms with E-state index in [-0.39, 0.29) is 0 Å². The van der Waals surface area contributed by atoms with Gasteiger partial charge >= 0.3 is 0 Å². The van der Waals surface area contributed by atoms with Crippen LogP contribution in [0, 0.1) is 6.07 Å². The van der Waals surface area contributed by atoms with Gasteiger partial charge in [0.2, 0.25) is 0 Å². The van der Waals surface area contributed by atoms with Gasteiger partial charge in [-0.3, -0.25) is 4.90 Å². The molecule has 1 aromatic rings. The molecule has 3 atom stereocenters. The van der Waals surface area contributed by atoms with Gasteiger partial charge in [0, 0.05) is 37.8 Å². The lowest BCUT2D eigenvalue weighted by Crippen LogP contribution is -2.44. The lowest BCUT2D eigenvalue weighted by Gasteiger charge is -2.35. The minimum atomic E-state index is 0.295. The third kappa shape index (κ3) is 5.44. The fraction of sp³-hybridized carbons (Fsp3) is 0.714. The molecule has 2 saturated heterocycles. The van der Waals surface area contributed by atoms with E-state index in [4.69, 9.17) is 9.47 Å². The highest BCUT2D eigenvalue weighted by Crippen LogP contribution is 2.22. The Bertz CT molecular complexity index is 526. The topological polar surface area (TPSA) is 24.9 Å². The second kappa shape index (κ2) is 9.02. The maximum Gasteiger partial charge on any atom is 0.123 e. The first-order valence-corrected chi connectivity index (χ1v) is 9.85. The Morgan fingerprint density at radius 2 is 2.04 bits per heavy atom. The molecule has 1 radical (unpaired) electrons. The summed E-state index contributed by atoms with van der Waals surface area (Å²) in [4.78, 5) is 5.04. The molecular weight excluding hydrogens is 312 g/mol. The molecule has 0 saturated carbocycles. The van der Waals surface area contributed by atoms with Crippen LogP contribution in [0.1, 0.15) is 45.6 Å². The lowest BCUT2D eigenvalue weighted by atomic mass is 10.1. The third-order valence-corrected chi connectivity index (χ3v) is 5.33. The number of rotatable bonds is 7. The molecular formula is C21H33N2O2. The van der Waals surface area contributed by atoms with Gasteiger partial charge in [0.1, 0.15) is 5.75 Å². The van der Waals surface area contributed by atoms with E-state index in [1.807, 2.05) is 6.07 Å². The fourth-order valence-corrected chi connectivity index (χ4v) is 4.14. The van der Waals surface area contributed by atoms with Gasteiger partial charge in [-0.15, -0.1) is 0 Å². The smallest absolute Gasteiger partial charge is 0.123 e. The third-order valence-electron chi connectivity index (χ3n) is 5.33. The first-order chi connectivity index (χ1) is 12.1. The number of hydrogen-bond donors (Lipinski definition) is 0. The minimum Gasteiger partial charge on any atom is -0.493 e. The van der Waals surface area contributed by atoms with E-state index >= 15 is 0 Å². The first kappa shape index (κ1) is 18.7. The summed E-state index contributed by atoms with van der Waals surface area (Å²) in [6.45, 7) is 12.7. The number of benzene rings is 1. The molecule has 25 heavy (non-hydrogen) atoms. The van der Waals surface area contributed by atoms with Crippen LogP contribution in [0.3, 0.4) is 0 Å². The number of hydrogen-bond acceptors (Lipinski definition) is 4. The molecule has 4 nitrogen and oxygen atoms in total. The van der Waals surface area contributed by atoms with Gasteiger partial charge in [-0.2, -0.15) is 0 Å². The van der Waals surface area contributed by atoms with E-state index in [2.05, 4.69) is 48.8 Å². The molecule has 2 fully saturated rings. The zero-order valence-corrected chi connectivity index (χ0v) is 16.0. The van der Waals surface area contributed by atoms with Gasteiger partial charge < -0.3 is 14.4 Å². The average molecular weight is 346 g/mol. The van der Waals surface area contributed by atoms with E-state index in [9.17, 15) is 0 Å². The molecule has 139 valence electrons. The molecule has 0 amide bonds. The normalized spacial score (nSPS) is 28.4. The van der Waals surface area contributed by atoms with Crippen LogP contribution >= 0.6 is 0 Å². The van der Waals surface area contributed by atoms with Crippen molar-refractivity contribution < 1.29 is 9.47 Å². The Morgan fingerprint density at radius 1 is 1.24 bits per heavy atom. The summed E-state index contributed by atoms with van der Waals surface area (Å²) in [7, 11) is 0.